The number of hydrogen-bond acceptors (Lipinski definition) is 3. The molecule has 0 bridgehead atoms. The van der Waals surface area contributed by atoms with E-state index in [1.807, 2.05) is 13.8 Å². The van der Waals surface area contributed by atoms with Crippen molar-refractivity contribution in [1.29, 1.82) is 0 Å². The highest BCUT2D eigenvalue weighted by atomic mass is 32.2. The van der Waals surface area contributed by atoms with Crippen molar-refractivity contribution < 1.29 is 13.5 Å². The van der Waals surface area contributed by atoms with Gasteiger partial charge in [0.2, 0.25) is 10.0 Å². The maximum absolute atomic E-state index is 12.4. The highest BCUT2D eigenvalue weighted by Crippen LogP contribution is 2.30. The van der Waals surface area contributed by atoms with E-state index in [0.29, 0.717) is 17.9 Å². The van der Waals surface area contributed by atoms with Crippen LogP contribution in [0.2, 0.25) is 0 Å². The third kappa shape index (κ3) is 3.40. The van der Waals surface area contributed by atoms with Crippen LogP contribution in [0.25, 0.3) is 0 Å². The van der Waals surface area contributed by atoms with Gasteiger partial charge in [-0.05, 0) is 49.8 Å². The minimum Gasteiger partial charge on any atom is -0.388 e. The largest absolute Gasteiger partial charge is 0.388 e. The van der Waals surface area contributed by atoms with Crippen molar-refractivity contribution in [3.8, 4) is 0 Å². The fraction of sp³-hybridized carbons (Fsp3) is 0.600. The molecule has 20 heavy (non-hydrogen) atoms. The quantitative estimate of drug-likeness (QED) is 0.848. The topological polar surface area (TPSA) is 66.4 Å². The summed E-state index contributed by atoms with van der Waals surface area (Å²) in [4.78, 5) is 0.230. The first-order chi connectivity index (χ1) is 9.44. The van der Waals surface area contributed by atoms with Crippen molar-refractivity contribution in [3.05, 3.63) is 29.8 Å². The maximum atomic E-state index is 12.4. The second kappa shape index (κ2) is 6.24. The summed E-state index contributed by atoms with van der Waals surface area (Å²) in [5.74, 6) is 0.453. The van der Waals surface area contributed by atoms with Gasteiger partial charge in [0.1, 0.15) is 0 Å². The highest BCUT2D eigenvalue weighted by molar-refractivity contribution is 7.89. The number of hydrogen-bond donors (Lipinski definition) is 2. The van der Waals surface area contributed by atoms with Crippen molar-refractivity contribution in [2.45, 2.75) is 56.6 Å². The van der Waals surface area contributed by atoms with Crippen LogP contribution in [0.1, 0.15) is 51.2 Å². The molecular formula is C15H23NO3S. The summed E-state index contributed by atoms with van der Waals surface area (Å²) in [6.07, 6.45) is 3.33. The Morgan fingerprint density at radius 2 is 2.10 bits per heavy atom. The van der Waals surface area contributed by atoms with Gasteiger partial charge >= 0.3 is 0 Å². The van der Waals surface area contributed by atoms with E-state index in [1.54, 1.807) is 24.3 Å². The molecule has 0 spiro atoms. The van der Waals surface area contributed by atoms with Crippen LogP contribution >= 0.6 is 0 Å². The second-order valence-corrected chi connectivity index (χ2v) is 7.31. The van der Waals surface area contributed by atoms with Crippen molar-refractivity contribution in [2.24, 2.45) is 5.92 Å². The standard InChI is InChI=1S/C15H23NO3S/c1-3-15(17)13-8-5-9-14(10-13)20(18,19)16-11(2)12-6-4-7-12/h5,8-12,15-17H,3-4,6-7H2,1-2H3. The molecule has 1 fully saturated rings. The van der Waals surface area contributed by atoms with E-state index >= 15 is 0 Å². The van der Waals surface area contributed by atoms with Gasteiger partial charge in [0.15, 0.2) is 0 Å². The van der Waals surface area contributed by atoms with Crippen LogP contribution in [0.4, 0.5) is 0 Å². The monoisotopic (exact) mass is 297 g/mol. The molecular weight excluding hydrogens is 274 g/mol. The number of rotatable bonds is 6. The van der Waals surface area contributed by atoms with E-state index in [9.17, 15) is 13.5 Å². The number of sulfonamides is 1. The summed E-state index contributed by atoms with van der Waals surface area (Å²) in [6, 6.07) is 6.53. The summed E-state index contributed by atoms with van der Waals surface area (Å²) >= 11 is 0. The Kier molecular flexibility index (Phi) is 4.83. The minimum atomic E-state index is -3.51. The first-order valence-electron chi connectivity index (χ1n) is 7.24. The first-order valence-corrected chi connectivity index (χ1v) is 8.72. The van der Waals surface area contributed by atoms with Gasteiger partial charge in [-0.2, -0.15) is 0 Å². The molecule has 2 N–H and O–H groups in total. The first kappa shape index (κ1) is 15.5. The molecule has 0 radical (unpaired) electrons. The van der Waals surface area contributed by atoms with Gasteiger partial charge in [0.25, 0.3) is 0 Å². The molecule has 112 valence electrons. The van der Waals surface area contributed by atoms with E-state index in [0.717, 1.165) is 12.8 Å². The van der Waals surface area contributed by atoms with Gasteiger partial charge in [-0.25, -0.2) is 13.1 Å². The fourth-order valence-corrected chi connectivity index (χ4v) is 3.84. The van der Waals surface area contributed by atoms with Crippen molar-refractivity contribution in [1.82, 2.24) is 4.72 Å². The molecule has 1 aromatic carbocycles. The van der Waals surface area contributed by atoms with Gasteiger partial charge in [0, 0.05) is 6.04 Å². The Balaban J connectivity index is 2.16. The molecule has 0 amide bonds. The van der Waals surface area contributed by atoms with E-state index in [2.05, 4.69) is 4.72 Å². The zero-order chi connectivity index (χ0) is 14.8. The van der Waals surface area contributed by atoms with E-state index in [4.69, 9.17) is 0 Å². The summed E-state index contributed by atoms with van der Waals surface area (Å²) in [6.45, 7) is 3.79. The molecule has 2 atom stereocenters. The van der Waals surface area contributed by atoms with Gasteiger partial charge in [-0.1, -0.05) is 25.5 Å². The second-order valence-electron chi connectivity index (χ2n) is 5.60. The molecule has 4 nitrogen and oxygen atoms in total. The summed E-state index contributed by atoms with van der Waals surface area (Å²) in [5.41, 5.74) is 0.645. The number of nitrogens with one attached hydrogen (secondary N) is 1. The maximum Gasteiger partial charge on any atom is 0.240 e. The molecule has 1 saturated carbocycles. The lowest BCUT2D eigenvalue weighted by atomic mass is 9.81. The Hall–Kier alpha value is -0.910. The lowest BCUT2D eigenvalue weighted by Crippen LogP contribution is -2.40. The van der Waals surface area contributed by atoms with Crippen LogP contribution < -0.4 is 4.72 Å². The predicted molar refractivity (Wildman–Crippen MR) is 78.8 cm³/mol. The van der Waals surface area contributed by atoms with Crippen LogP contribution in [0.15, 0.2) is 29.2 Å². The van der Waals surface area contributed by atoms with Crippen molar-refractivity contribution >= 4 is 10.0 Å². The van der Waals surface area contributed by atoms with Gasteiger partial charge < -0.3 is 5.11 Å². The summed E-state index contributed by atoms with van der Waals surface area (Å²) in [5, 5.41) is 9.82. The molecule has 1 aromatic rings. The van der Waals surface area contributed by atoms with Crippen LogP contribution in [0, 0.1) is 5.92 Å². The number of benzene rings is 1. The Morgan fingerprint density at radius 1 is 1.40 bits per heavy atom. The molecule has 2 rings (SSSR count). The molecule has 0 heterocycles. The van der Waals surface area contributed by atoms with E-state index in [-0.39, 0.29) is 10.9 Å². The van der Waals surface area contributed by atoms with Crippen LogP contribution in [-0.2, 0) is 10.0 Å². The molecule has 1 aliphatic rings. The predicted octanol–water partition coefficient (Wildman–Crippen LogP) is 2.60. The molecule has 0 aliphatic heterocycles. The summed E-state index contributed by atoms with van der Waals surface area (Å²) < 4.78 is 27.5. The lowest BCUT2D eigenvalue weighted by molar-refractivity contribution is 0.173. The average Bonchev–Trinajstić information content (AvgIpc) is 2.35. The number of aliphatic hydroxyl groups is 1. The Bertz CT molecular complexity index is 552. The molecule has 5 heteroatoms. The smallest absolute Gasteiger partial charge is 0.240 e. The van der Waals surface area contributed by atoms with Crippen LogP contribution in [0.5, 0.6) is 0 Å². The molecule has 1 aliphatic carbocycles. The normalized spacial score (nSPS) is 19.4. The zero-order valence-corrected chi connectivity index (χ0v) is 12.9. The average molecular weight is 297 g/mol. The number of aliphatic hydroxyl groups excluding tert-OH is 1. The van der Waals surface area contributed by atoms with E-state index < -0.39 is 16.1 Å². The minimum absolute atomic E-state index is 0.0338. The van der Waals surface area contributed by atoms with Crippen LogP contribution in [-0.4, -0.2) is 19.6 Å². The Labute approximate surface area is 121 Å². The fourth-order valence-electron chi connectivity index (χ4n) is 2.47. The molecule has 0 aromatic heterocycles. The molecule has 0 saturated heterocycles. The van der Waals surface area contributed by atoms with Crippen molar-refractivity contribution in [3.63, 3.8) is 0 Å². The Morgan fingerprint density at radius 3 is 2.65 bits per heavy atom. The zero-order valence-electron chi connectivity index (χ0n) is 12.0. The third-order valence-electron chi connectivity index (χ3n) is 4.14. The van der Waals surface area contributed by atoms with Gasteiger partial charge in [-0.3, -0.25) is 0 Å². The summed E-state index contributed by atoms with van der Waals surface area (Å²) in [7, 11) is -3.51. The lowest BCUT2D eigenvalue weighted by Gasteiger charge is -2.31. The van der Waals surface area contributed by atoms with Gasteiger partial charge in [0.05, 0.1) is 11.0 Å². The molecule has 2 unspecified atom stereocenters. The van der Waals surface area contributed by atoms with Crippen molar-refractivity contribution in [2.75, 3.05) is 0 Å². The van der Waals surface area contributed by atoms with Crippen LogP contribution in [0.3, 0.4) is 0 Å². The van der Waals surface area contributed by atoms with E-state index in [1.165, 1.54) is 6.42 Å². The third-order valence-corrected chi connectivity index (χ3v) is 5.69. The highest BCUT2D eigenvalue weighted by Gasteiger charge is 2.28. The van der Waals surface area contributed by atoms with Gasteiger partial charge in [-0.15, -0.1) is 0 Å². The SMILES string of the molecule is CCC(O)c1cccc(S(=O)(=O)NC(C)C2CCC2)c1.